The summed E-state index contributed by atoms with van der Waals surface area (Å²) in [4.78, 5) is 27.5. The number of hydrogen-bond donors (Lipinski definition) is 3. The van der Waals surface area contributed by atoms with Crippen molar-refractivity contribution in [2.24, 2.45) is 5.16 Å². The zero-order valence-electron chi connectivity index (χ0n) is 13.6. The van der Waals surface area contributed by atoms with Crippen LogP contribution in [0.5, 0.6) is 0 Å². The van der Waals surface area contributed by atoms with Crippen molar-refractivity contribution < 1.29 is 14.4 Å². The van der Waals surface area contributed by atoms with Gasteiger partial charge in [0.1, 0.15) is 0 Å². The van der Waals surface area contributed by atoms with Crippen LogP contribution in [0.25, 0.3) is 0 Å². The first kappa shape index (κ1) is 18.3. The highest BCUT2D eigenvalue weighted by Gasteiger charge is 2.14. The Morgan fingerprint density at radius 2 is 1.68 bits per heavy atom. The van der Waals surface area contributed by atoms with Gasteiger partial charge in [-0.05, 0) is 39.5 Å². The molecule has 22 heavy (non-hydrogen) atoms. The molecule has 126 valence electrons. The molecule has 0 saturated heterocycles. The number of nitrogens with zero attached hydrogens (tertiary/aromatic N) is 1. The Labute approximate surface area is 132 Å². The molecule has 3 amide bonds. The minimum Gasteiger partial charge on any atom is -0.338 e. The Morgan fingerprint density at radius 3 is 2.32 bits per heavy atom. The van der Waals surface area contributed by atoms with E-state index in [9.17, 15) is 9.59 Å². The number of rotatable bonds is 7. The third kappa shape index (κ3) is 9.20. The average molecular weight is 312 g/mol. The lowest BCUT2D eigenvalue weighted by atomic mass is 9.96. The topological polar surface area (TPSA) is 91.8 Å². The van der Waals surface area contributed by atoms with Crippen molar-refractivity contribution in [1.82, 2.24) is 16.0 Å². The summed E-state index contributed by atoms with van der Waals surface area (Å²) in [6.07, 6.45) is 6.87. The fourth-order valence-electron chi connectivity index (χ4n) is 2.29. The molecule has 1 aliphatic rings. The smallest absolute Gasteiger partial charge is 0.338 e. The van der Waals surface area contributed by atoms with Gasteiger partial charge in [0.15, 0.2) is 0 Å². The zero-order chi connectivity index (χ0) is 16.2. The summed E-state index contributed by atoms with van der Waals surface area (Å²) in [5.41, 5.74) is 0.684. The molecule has 1 saturated carbocycles. The number of amides is 3. The van der Waals surface area contributed by atoms with Gasteiger partial charge in [-0.3, -0.25) is 4.84 Å². The van der Waals surface area contributed by atoms with Gasteiger partial charge in [0.05, 0.1) is 5.71 Å². The predicted octanol–water partition coefficient (Wildman–Crippen LogP) is 2.52. The number of hydrogen-bond acceptors (Lipinski definition) is 4. The molecule has 0 spiro atoms. The van der Waals surface area contributed by atoms with Crippen LogP contribution < -0.4 is 16.0 Å². The van der Waals surface area contributed by atoms with Gasteiger partial charge in [0.2, 0.25) is 0 Å². The van der Waals surface area contributed by atoms with Gasteiger partial charge in [0, 0.05) is 19.1 Å². The second kappa shape index (κ2) is 10.9. The van der Waals surface area contributed by atoms with Crippen LogP contribution in [0, 0.1) is 0 Å². The molecule has 0 aromatic rings. The minimum absolute atomic E-state index is 0.0907. The molecular formula is C15H28N4O3. The molecule has 0 heterocycles. The number of nitrogens with one attached hydrogen (secondary N) is 3. The Balaban J connectivity index is 1.95. The molecule has 0 bridgehead atoms. The lowest BCUT2D eigenvalue weighted by molar-refractivity contribution is 0.150. The first-order chi connectivity index (χ1) is 10.6. The summed E-state index contributed by atoms with van der Waals surface area (Å²) in [6, 6.07) is 0.236. The standard InChI is InChI=1S/C15H28N4O3/c1-12(2)19-22-15(21)17-11-7-6-10-16-14(20)18-13-8-4-3-5-9-13/h13H,3-11H2,1-2H3,(H,17,21)(H2,16,18,20). The van der Waals surface area contributed by atoms with Crippen LogP contribution in [0.4, 0.5) is 9.59 Å². The van der Waals surface area contributed by atoms with Gasteiger partial charge in [-0.2, -0.15) is 0 Å². The van der Waals surface area contributed by atoms with E-state index in [1.165, 1.54) is 19.3 Å². The van der Waals surface area contributed by atoms with Gasteiger partial charge in [-0.25, -0.2) is 9.59 Å². The largest absolute Gasteiger partial charge is 0.433 e. The van der Waals surface area contributed by atoms with Crippen LogP contribution in [0.2, 0.25) is 0 Å². The molecule has 0 aromatic carbocycles. The van der Waals surface area contributed by atoms with Crippen molar-refractivity contribution in [3.63, 3.8) is 0 Å². The molecule has 1 aliphatic carbocycles. The van der Waals surface area contributed by atoms with E-state index in [1.54, 1.807) is 13.8 Å². The van der Waals surface area contributed by atoms with Gasteiger partial charge in [-0.15, -0.1) is 0 Å². The molecule has 7 nitrogen and oxygen atoms in total. The van der Waals surface area contributed by atoms with Crippen LogP contribution in [-0.2, 0) is 4.84 Å². The van der Waals surface area contributed by atoms with E-state index in [2.05, 4.69) is 25.9 Å². The zero-order valence-corrected chi connectivity index (χ0v) is 13.6. The third-order valence-electron chi connectivity index (χ3n) is 3.41. The van der Waals surface area contributed by atoms with Crippen molar-refractivity contribution in [3.8, 4) is 0 Å². The number of carbonyl (C=O) groups is 2. The van der Waals surface area contributed by atoms with Crippen molar-refractivity contribution in [1.29, 1.82) is 0 Å². The first-order valence-corrected chi connectivity index (χ1v) is 8.08. The molecule has 0 unspecified atom stereocenters. The molecule has 1 rings (SSSR count). The van der Waals surface area contributed by atoms with E-state index in [1.807, 2.05) is 0 Å². The van der Waals surface area contributed by atoms with E-state index in [-0.39, 0.29) is 6.03 Å². The van der Waals surface area contributed by atoms with Crippen molar-refractivity contribution in [2.45, 2.75) is 64.8 Å². The van der Waals surface area contributed by atoms with Gasteiger partial charge < -0.3 is 16.0 Å². The van der Waals surface area contributed by atoms with Crippen LogP contribution >= 0.6 is 0 Å². The molecule has 1 fully saturated rings. The third-order valence-corrected chi connectivity index (χ3v) is 3.41. The summed E-state index contributed by atoms with van der Waals surface area (Å²) in [6.45, 7) is 4.60. The second-order valence-corrected chi connectivity index (χ2v) is 5.79. The maximum absolute atomic E-state index is 11.7. The molecule has 7 heteroatoms. The summed E-state index contributed by atoms with van der Waals surface area (Å²) in [5, 5.41) is 12.0. The highest BCUT2D eigenvalue weighted by atomic mass is 16.7. The number of carbonyl (C=O) groups excluding carboxylic acids is 2. The fourth-order valence-corrected chi connectivity index (χ4v) is 2.29. The summed E-state index contributed by atoms with van der Waals surface area (Å²) >= 11 is 0. The fraction of sp³-hybridized carbons (Fsp3) is 0.800. The summed E-state index contributed by atoms with van der Waals surface area (Å²) in [7, 11) is 0. The number of oxime groups is 1. The average Bonchev–Trinajstić information content (AvgIpc) is 2.49. The Morgan fingerprint density at radius 1 is 1.05 bits per heavy atom. The molecular weight excluding hydrogens is 284 g/mol. The van der Waals surface area contributed by atoms with E-state index in [0.717, 1.165) is 25.7 Å². The highest BCUT2D eigenvalue weighted by molar-refractivity contribution is 5.79. The highest BCUT2D eigenvalue weighted by Crippen LogP contribution is 2.17. The molecule has 0 atom stereocenters. The van der Waals surface area contributed by atoms with Gasteiger partial charge in [-0.1, -0.05) is 24.4 Å². The molecule has 0 aromatic heterocycles. The van der Waals surface area contributed by atoms with Gasteiger partial charge in [0.25, 0.3) is 0 Å². The maximum Gasteiger partial charge on any atom is 0.433 e. The quantitative estimate of drug-likeness (QED) is 0.292. The van der Waals surface area contributed by atoms with Crippen LogP contribution in [0.1, 0.15) is 58.8 Å². The maximum atomic E-state index is 11.7. The second-order valence-electron chi connectivity index (χ2n) is 5.79. The van der Waals surface area contributed by atoms with E-state index in [0.29, 0.717) is 24.8 Å². The van der Waals surface area contributed by atoms with Crippen molar-refractivity contribution in [3.05, 3.63) is 0 Å². The Kier molecular flexibility index (Phi) is 9.02. The molecule has 3 N–H and O–H groups in total. The van der Waals surface area contributed by atoms with Crippen LogP contribution in [0.3, 0.4) is 0 Å². The Hall–Kier alpha value is -1.79. The SMILES string of the molecule is CC(C)=NOC(=O)NCCCCNC(=O)NC1CCCCC1. The van der Waals surface area contributed by atoms with Crippen LogP contribution in [0.15, 0.2) is 5.16 Å². The Bertz CT molecular complexity index is 375. The molecule has 0 radical (unpaired) electrons. The van der Waals surface area contributed by atoms with E-state index >= 15 is 0 Å². The van der Waals surface area contributed by atoms with E-state index < -0.39 is 6.09 Å². The normalized spacial score (nSPS) is 14.8. The summed E-state index contributed by atoms with van der Waals surface area (Å²) in [5.74, 6) is 0. The lowest BCUT2D eigenvalue weighted by Gasteiger charge is -2.22. The van der Waals surface area contributed by atoms with E-state index in [4.69, 9.17) is 0 Å². The van der Waals surface area contributed by atoms with Crippen LogP contribution in [-0.4, -0.2) is 37.0 Å². The van der Waals surface area contributed by atoms with Crippen molar-refractivity contribution in [2.75, 3.05) is 13.1 Å². The summed E-state index contributed by atoms with van der Waals surface area (Å²) < 4.78 is 0. The monoisotopic (exact) mass is 312 g/mol. The van der Waals surface area contributed by atoms with Gasteiger partial charge >= 0.3 is 12.1 Å². The predicted molar refractivity (Wildman–Crippen MR) is 85.9 cm³/mol. The lowest BCUT2D eigenvalue weighted by Crippen LogP contribution is -2.43. The molecule has 0 aliphatic heterocycles. The van der Waals surface area contributed by atoms with Crippen molar-refractivity contribution >= 4 is 17.8 Å². The number of unbranched alkanes of at least 4 members (excludes halogenated alkanes) is 1. The number of urea groups is 1. The first-order valence-electron chi connectivity index (χ1n) is 8.08. The minimum atomic E-state index is -0.552.